The number of aliphatic hydroxyl groups excluding tert-OH is 1. The smallest absolute Gasteiger partial charge is 0.257 e. The number of piperidine rings is 2. The van der Waals surface area contributed by atoms with Crippen LogP contribution < -0.4 is 19.8 Å². The van der Waals surface area contributed by atoms with Gasteiger partial charge in [0.1, 0.15) is 0 Å². The van der Waals surface area contributed by atoms with Crippen LogP contribution in [-0.2, 0) is 10.0 Å². The first kappa shape index (κ1) is 28.6. The summed E-state index contributed by atoms with van der Waals surface area (Å²) in [4.78, 5) is 22.3. The van der Waals surface area contributed by atoms with Gasteiger partial charge in [-0.1, -0.05) is 6.07 Å². The lowest BCUT2D eigenvalue weighted by Crippen LogP contribution is -2.39. The zero-order chi connectivity index (χ0) is 29.5. The molecular weight excluding hydrogens is 564 g/mol. The van der Waals surface area contributed by atoms with Crippen LogP contribution in [0, 0.1) is 5.41 Å². The number of carbonyl (C=O) groups excluding carboxylic acids is 1. The quantitative estimate of drug-likeness (QED) is 0.340. The molecule has 3 aliphatic rings. The molecule has 0 unspecified atom stereocenters. The molecule has 2 aliphatic heterocycles. The van der Waals surface area contributed by atoms with Gasteiger partial charge in [-0.25, -0.2) is 17.2 Å². The van der Waals surface area contributed by atoms with Crippen LogP contribution in [0.15, 0.2) is 48.7 Å². The van der Waals surface area contributed by atoms with Crippen LogP contribution in [0.3, 0.4) is 0 Å². The van der Waals surface area contributed by atoms with Crippen LogP contribution >= 0.6 is 0 Å². The molecule has 0 radical (unpaired) electrons. The molecule has 3 fully saturated rings. The molecule has 6 rings (SSSR count). The minimum absolute atomic E-state index is 0.185. The van der Waals surface area contributed by atoms with E-state index in [2.05, 4.69) is 19.9 Å². The van der Waals surface area contributed by atoms with Crippen molar-refractivity contribution in [2.75, 3.05) is 58.4 Å². The highest BCUT2D eigenvalue weighted by molar-refractivity contribution is 7.92. The Hall–Kier alpha value is -3.51. The molecule has 1 aliphatic carbocycles. The first-order chi connectivity index (χ1) is 20.1. The first-order valence-corrected chi connectivity index (χ1v) is 16.0. The van der Waals surface area contributed by atoms with Crippen molar-refractivity contribution in [2.45, 2.75) is 44.4 Å². The highest BCUT2D eigenvalue weighted by Gasteiger charge is 2.44. The monoisotopic (exact) mass is 599 g/mol. The van der Waals surface area contributed by atoms with Gasteiger partial charge in [-0.15, -0.1) is 0 Å². The van der Waals surface area contributed by atoms with Crippen LogP contribution in [0.2, 0.25) is 0 Å². The molecule has 2 saturated heterocycles. The van der Waals surface area contributed by atoms with Crippen molar-refractivity contribution >= 4 is 49.6 Å². The lowest BCUT2D eigenvalue weighted by atomic mass is 9.93. The average Bonchev–Trinajstić information content (AvgIpc) is 3.71. The van der Waals surface area contributed by atoms with E-state index in [1.54, 1.807) is 36.5 Å². The van der Waals surface area contributed by atoms with Crippen molar-refractivity contribution in [3.05, 3.63) is 54.2 Å². The minimum atomic E-state index is -3.74. The van der Waals surface area contributed by atoms with Gasteiger partial charge in [0.15, 0.2) is 0 Å². The van der Waals surface area contributed by atoms with E-state index in [1.807, 2.05) is 17.0 Å². The zero-order valence-electron chi connectivity index (χ0n) is 23.3. The van der Waals surface area contributed by atoms with E-state index in [0.29, 0.717) is 39.2 Å². The predicted molar refractivity (Wildman–Crippen MR) is 160 cm³/mol. The molecule has 42 heavy (non-hydrogen) atoms. The molecule has 0 bridgehead atoms. The third-order valence-electron chi connectivity index (χ3n) is 8.78. The summed E-state index contributed by atoms with van der Waals surface area (Å²) >= 11 is 0. The summed E-state index contributed by atoms with van der Waals surface area (Å²) < 4.78 is 54.9. The van der Waals surface area contributed by atoms with Crippen LogP contribution in [0.1, 0.15) is 48.9 Å². The van der Waals surface area contributed by atoms with Gasteiger partial charge in [0, 0.05) is 56.3 Å². The number of benzene rings is 2. The highest BCUT2D eigenvalue weighted by Crippen LogP contribution is 2.54. The number of hydrogen-bond donors (Lipinski definition) is 3. The number of nitrogens with zero attached hydrogens (tertiary/aromatic N) is 3. The fourth-order valence-corrected chi connectivity index (χ4v) is 6.89. The van der Waals surface area contributed by atoms with Gasteiger partial charge in [-0.05, 0) is 67.5 Å². The summed E-state index contributed by atoms with van der Waals surface area (Å²) in [5, 5.41) is 12.9. The predicted octanol–water partition coefficient (Wildman–Crippen LogP) is 4.84. The molecule has 3 aromatic rings. The number of alkyl halides is 2. The molecule has 2 aromatic carbocycles. The van der Waals surface area contributed by atoms with E-state index < -0.39 is 28.3 Å². The summed E-state index contributed by atoms with van der Waals surface area (Å²) in [5.41, 5.74) is 3.66. The number of aromatic nitrogens is 1. The minimum Gasteiger partial charge on any atom is -0.395 e. The van der Waals surface area contributed by atoms with Gasteiger partial charge in [0.05, 0.1) is 40.5 Å². The number of aliphatic hydroxyl groups is 1. The van der Waals surface area contributed by atoms with Crippen molar-refractivity contribution in [3.63, 3.8) is 0 Å². The Morgan fingerprint density at radius 3 is 2.26 bits per heavy atom. The lowest BCUT2D eigenvalue weighted by Gasteiger charge is -2.35. The molecule has 1 saturated carbocycles. The second kappa shape index (κ2) is 11.0. The molecule has 3 N–H and O–H groups in total. The van der Waals surface area contributed by atoms with Crippen LogP contribution in [0.25, 0.3) is 10.9 Å². The summed E-state index contributed by atoms with van der Waals surface area (Å²) in [7, 11) is -3.74. The normalized spacial score (nSPS) is 19.6. The van der Waals surface area contributed by atoms with Crippen molar-refractivity contribution in [2.24, 2.45) is 5.41 Å². The molecule has 12 heteroatoms. The molecule has 224 valence electrons. The number of rotatable bonds is 8. The van der Waals surface area contributed by atoms with E-state index in [1.165, 1.54) is 12.8 Å². The van der Waals surface area contributed by atoms with Gasteiger partial charge in [0.25, 0.3) is 11.8 Å². The lowest BCUT2D eigenvalue weighted by molar-refractivity contribution is -0.0220. The van der Waals surface area contributed by atoms with Crippen molar-refractivity contribution < 1.29 is 27.1 Å². The van der Waals surface area contributed by atoms with Gasteiger partial charge >= 0.3 is 0 Å². The number of amides is 1. The Kier molecular flexibility index (Phi) is 7.46. The van der Waals surface area contributed by atoms with E-state index in [0.717, 1.165) is 31.3 Å². The summed E-state index contributed by atoms with van der Waals surface area (Å²) in [6.07, 6.45) is 5.66. The Morgan fingerprint density at radius 2 is 1.57 bits per heavy atom. The number of anilines is 4. The number of fused-ring (bicyclic) bond motifs is 1. The van der Waals surface area contributed by atoms with E-state index in [9.17, 15) is 22.0 Å². The highest BCUT2D eigenvalue weighted by atomic mass is 32.2. The number of carbonyl (C=O) groups is 1. The fraction of sp³-hybridized carbons (Fsp3) is 0.467. The standard InChI is InChI=1S/C30H35F2N5O4S/c31-30(32)9-14-37(15-10-30)26-20-23(18-21-2-1-11-33-27(21)26)34-28(39)24-4-3-22(35-42(40,41)17-16-38)19-25(24)36-12-7-29(5-6-29)8-13-36/h1-4,11,18-20,35,38H,5-10,12-17H2,(H,34,39). The Labute approximate surface area is 244 Å². The van der Waals surface area contributed by atoms with Crippen molar-refractivity contribution in [1.29, 1.82) is 0 Å². The maximum absolute atomic E-state index is 13.9. The van der Waals surface area contributed by atoms with Crippen LogP contribution in [-0.4, -0.2) is 68.9 Å². The molecule has 0 atom stereocenters. The SMILES string of the molecule is O=C(Nc1cc(N2CCC(F)(F)CC2)c2ncccc2c1)c1ccc(NS(=O)(=O)CCO)cc1N1CCC2(CC1)CC2. The van der Waals surface area contributed by atoms with E-state index in [-0.39, 0.29) is 31.8 Å². The Bertz CT molecular complexity index is 1590. The molecule has 9 nitrogen and oxygen atoms in total. The number of nitrogens with one attached hydrogen (secondary N) is 2. The van der Waals surface area contributed by atoms with Crippen LogP contribution in [0.5, 0.6) is 0 Å². The second-order valence-electron chi connectivity index (χ2n) is 11.7. The molecule has 1 spiro atoms. The second-order valence-corrected chi connectivity index (χ2v) is 13.6. The number of halogens is 2. The first-order valence-electron chi connectivity index (χ1n) is 14.4. The van der Waals surface area contributed by atoms with Gasteiger partial charge in [0.2, 0.25) is 10.0 Å². The zero-order valence-corrected chi connectivity index (χ0v) is 24.1. The fourth-order valence-electron chi connectivity index (χ4n) is 6.06. The van der Waals surface area contributed by atoms with E-state index in [4.69, 9.17) is 5.11 Å². The van der Waals surface area contributed by atoms with Crippen molar-refractivity contribution in [1.82, 2.24) is 4.98 Å². The topological polar surface area (TPSA) is 115 Å². The average molecular weight is 600 g/mol. The maximum atomic E-state index is 13.9. The third-order valence-corrected chi connectivity index (χ3v) is 10.0. The molecule has 1 amide bonds. The molecule has 1 aromatic heterocycles. The van der Waals surface area contributed by atoms with Gasteiger partial charge in [-0.2, -0.15) is 0 Å². The van der Waals surface area contributed by atoms with Gasteiger partial charge < -0.3 is 20.2 Å². The Balaban J connectivity index is 1.30. The Morgan fingerprint density at radius 1 is 0.905 bits per heavy atom. The van der Waals surface area contributed by atoms with Gasteiger partial charge in [-0.3, -0.25) is 14.5 Å². The summed E-state index contributed by atoms with van der Waals surface area (Å²) in [6, 6.07) is 12.1. The summed E-state index contributed by atoms with van der Waals surface area (Å²) in [6.45, 7) is 1.39. The third kappa shape index (κ3) is 6.14. The molecular formula is C30H35F2N5O4S. The number of pyridine rings is 1. The number of sulfonamides is 1. The van der Waals surface area contributed by atoms with Crippen LogP contribution in [0.4, 0.5) is 31.5 Å². The maximum Gasteiger partial charge on any atom is 0.257 e. The van der Waals surface area contributed by atoms with Crippen molar-refractivity contribution in [3.8, 4) is 0 Å². The van der Waals surface area contributed by atoms with E-state index >= 15 is 0 Å². The summed E-state index contributed by atoms with van der Waals surface area (Å²) in [5.74, 6) is -3.47. The molecule has 3 heterocycles. The number of hydrogen-bond acceptors (Lipinski definition) is 7. The largest absolute Gasteiger partial charge is 0.395 e.